The smallest absolute Gasteiger partial charge is 0.129 e. The van der Waals surface area contributed by atoms with Crippen LogP contribution in [0.1, 0.15) is 12.8 Å². The maximum atomic E-state index is 13.5. The molecular formula is C20H20FN3O. The minimum Gasteiger partial charge on any atom is -0.512 e. The normalized spacial score (nSPS) is 22.7. The van der Waals surface area contributed by atoms with Gasteiger partial charge in [-0.2, -0.15) is 0 Å². The molecule has 1 unspecified atom stereocenters. The zero-order chi connectivity index (χ0) is 17.4. The van der Waals surface area contributed by atoms with Crippen LogP contribution >= 0.6 is 0 Å². The molecule has 3 heterocycles. The predicted molar refractivity (Wildman–Crippen MR) is 96.5 cm³/mol. The molecule has 2 aliphatic heterocycles. The summed E-state index contributed by atoms with van der Waals surface area (Å²) in [6, 6.07) is 6.25. The summed E-state index contributed by atoms with van der Waals surface area (Å²) >= 11 is 0. The number of piperazine rings is 1. The minimum absolute atomic E-state index is 0.208. The second kappa shape index (κ2) is 6.24. The van der Waals surface area contributed by atoms with Gasteiger partial charge in [-0.25, -0.2) is 9.37 Å². The van der Waals surface area contributed by atoms with Gasteiger partial charge in [-0.15, -0.1) is 0 Å². The fraction of sp³-hybridized carbons (Fsp3) is 0.250. The van der Waals surface area contributed by atoms with Gasteiger partial charge in [0.2, 0.25) is 0 Å². The van der Waals surface area contributed by atoms with Crippen LogP contribution in [0.4, 0.5) is 10.2 Å². The molecule has 1 N–H and O–H groups in total. The number of halogens is 1. The van der Waals surface area contributed by atoms with E-state index in [4.69, 9.17) is 0 Å². The van der Waals surface area contributed by atoms with Crippen LogP contribution < -0.4 is 4.90 Å². The average Bonchev–Trinajstić information content (AvgIpc) is 3.23. The van der Waals surface area contributed by atoms with E-state index in [1.807, 2.05) is 36.7 Å². The summed E-state index contributed by atoms with van der Waals surface area (Å²) in [5, 5.41) is 9.95. The Balaban J connectivity index is 1.42. The Morgan fingerprint density at radius 2 is 2.24 bits per heavy atom. The van der Waals surface area contributed by atoms with Crippen LogP contribution in [-0.2, 0) is 0 Å². The van der Waals surface area contributed by atoms with Gasteiger partial charge >= 0.3 is 0 Å². The third-order valence-corrected chi connectivity index (χ3v) is 4.83. The molecule has 0 radical (unpaired) electrons. The SMILES string of the molecule is C=C(/C=C/N1CC2C=C1CN2c1ccccn1)C1=C(O)CCC(F)=C1. The van der Waals surface area contributed by atoms with Crippen molar-refractivity contribution in [1.82, 2.24) is 9.88 Å². The zero-order valence-electron chi connectivity index (χ0n) is 13.9. The lowest BCUT2D eigenvalue weighted by Gasteiger charge is -2.34. The Morgan fingerprint density at radius 3 is 2.96 bits per heavy atom. The van der Waals surface area contributed by atoms with Gasteiger partial charge in [0, 0.05) is 43.1 Å². The van der Waals surface area contributed by atoms with E-state index >= 15 is 0 Å². The van der Waals surface area contributed by atoms with Crippen molar-refractivity contribution in [2.45, 2.75) is 18.9 Å². The van der Waals surface area contributed by atoms with Crippen molar-refractivity contribution in [2.24, 2.45) is 0 Å². The largest absolute Gasteiger partial charge is 0.512 e. The number of aliphatic hydroxyl groups excluding tert-OH is 1. The van der Waals surface area contributed by atoms with Crippen LogP contribution in [0.2, 0.25) is 0 Å². The van der Waals surface area contributed by atoms with Gasteiger partial charge in [0.25, 0.3) is 0 Å². The van der Waals surface area contributed by atoms with Gasteiger partial charge in [0.05, 0.1) is 12.6 Å². The zero-order valence-corrected chi connectivity index (χ0v) is 13.9. The molecule has 128 valence electrons. The summed E-state index contributed by atoms with van der Waals surface area (Å²) in [7, 11) is 0. The van der Waals surface area contributed by atoms with Crippen LogP contribution in [0.3, 0.4) is 0 Å². The fourth-order valence-electron chi connectivity index (χ4n) is 3.48. The Labute approximate surface area is 146 Å². The van der Waals surface area contributed by atoms with Crippen molar-refractivity contribution < 1.29 is 9.50 Å². The maximum absolute atomic E-state index is 13.5. The molecule has 4 rings (SSSR count). The van der Waals surface area contributed by atoms with E-state index in [9.17, 15) is 9.50 Å². The number of hydrogen-bond donors (Lipinski definition) is 1. The molecule has 5 heteroatoms. The third-order valence-electron chi connectivity index (χ3n) is 4.83. The van der Waals surface area contributed by atoms with Gasteiger partial charge < -0.3 is 14.9 Å². The highest BCUT2D eigenvalue weighted by molar-refractivity contribution is 5.51. The van der Waals surface area contributed by atoms with Crippen molar-refractivity contribution in [2.75, 3.05) is 18.0 Å². The number of aromatic nitrogens is 1. The highest BCUT2D eigenvalue weighted by Crippen LogP contribution is 2.32. The number of anilines is 1. The molecule has 2 bridgehead atoms. The standard InChI is InChI=1S/C20H20FN3O/c1-14(18-10-15(21)5-6-19(18)25)7-9-23-12-17-11-16(23)13-24(17)20-4-2-3-8-22-20/h2-4,7-11,17,25H,1,5-6,12-13H2/b9-7+. The summed E-state index contributed by atoms with van der Waals surface area (Å²) in [5.74, 6) is 0.987. The quantitative estimate of drug-likeness (QED) is 0.843. The van der Waals surface area contributed by atoms with E-state index in [1.165, 1.54) is 11.8 Å². The number of fused-ring (bicyclic) bond motifs is 1. The van der Waals surface area contributed by atoms with E-state index in [0.29, 0.717) is 23.6 Å². The molecule has 0 aromatic carbocycles. The molecule has 25 heavy (non-hydrogen) atoms. The molecule has 0 saturated carbocycles. The Kier molecular flexibility index (Phi) is 3.92. The molecule has 4 nitrogen and oxygen atoms in total. The van der Waals surface area contributed by atoms with E-state index < -0.39 is 0 Å². The summed E-state index contributed by atoms with van der Waals surface area (Å²) in [6.45, 7) is 5.64. The predicted octanol–water partition coefficient (Wildman–Crippen LogP) is 4.00. The molecule has 1 aliphatic carbocycles. The first-order chi connectivity index (χ1) is 12.1. The van der Waals surface area contributed by atoms with Crippen LogP contribution in [-0.4, -0.2) is 34.1 Å². The lowest BCUT2D eigenvalue weighted by Crippen LogP contribution is -2.42. The van der Waals surface area contributed by atoms with Gasteiger partial charge in [-0.05, 0) is 35.9 Å². The molecule has 1 aromatic heterocycles. The molecule has 3 aliphatic rings. The first-order valence-corrected chi connectivity index (χ1v) is 8.42. The van der Waals surface area contributed by atoms with Gasteiger partial charge in [0.1, 0.15) is 17.4 Å². The number of nitrogens with zero attached hydrogens (tertiary/aromatic N) is 3. The van der Waals surface area contributed by atoms with Gasteiger partial charge in [-0.3, -0.25) is 0 Å². The number of rotatable bonds is 4. The molecule has 1 aromatic rings. The lowest BCUT2D eigenvalue weighted by molar-refractivity contribution is 0.372. The average molecular weight is 337 g/mol. The highest BCUT2D eigenvalue weighted by atomic mass is 19.1. The lowest BCUT2D eigenvalue weighted by atomic mass is 9.98. The first kappa shape index (κ1) is 15.7. The van der Waals surface area contributed by atoms with Gasteiger partial charge in [0.15, 0.2) is 0 Å². The minimum atomic E-state index is -0.212. The van der Waals surface area contributed by atoms with Crippen molar-refractivity contribution in [3.05, 3.63) is 83.8 Å². The number of allylic oxidation sites excluding steroid dienone is 6. The van der Waals surface area contributed by atoms with Crippen molar-refractivity contribution >= 4 is 5.82 Å². The second-order valence-electron chi connectivity index (χ2n) is 6.49. The van der Waals surface area contributed by atoms with E-state index in [1.54, 1.807) is 0 Å². The van der Waals surface area contributed by atoms with Crippen molar-refractivity contribution in [3.63, 3.8) is 0 Å². The second-order valence-corrected chi connectivity index (χ2v) is 6.49. The van der Waals surface area contributed by atoms with E-state index in [-0.39, 0.29) is 18.0 Å². The van der Waals surface area contributed by atoms with Crippen molar-refractivity contribution in [1.29, 1.82) is 0 Å². The molecule has 0 amide bonds. The first-order valence-electron chi connectivity index (χ1n) is 8.42. The summed E-state index contributed by atoms with van der Waals surface area (Å²) in [6.07, 6.45) is 9.84. The Morgan fingerprint density at radius 1 is 1.36 bits per heavy atom. The Bertz CT molecular complexity index is 823. The number of hydrogen-bond acceptors (Lipinski definition) is 4. The molecule has 0 spiro atoms. The molecular weight excluding hydrogens is 317 g/mol. The van der Waals surface area contributed by atoms with Gasteiger partial charge in [-0.1, -0.05) is 12.6 Å². The van der Waals surface area contributed by atoms with E-state index in [2.05, 4.69) is 27.4 Å². The maximum Gasteiger partial charge on any atom is 0.129 e. The van der Waals surface area contributed by atoms with Crippen LogP contribution in [0, 0.1) is 0 Å². The van der Waals surface area contributed by atoms with Crippen LogP contribution in [0.15, 0.2) is 83.8 Å². The topological polar surface area (TPSA) is 39.6 Å². The Hall–Kier alpha value is -2.82. The molecule has 0 saturated heterocycles. The van der Waals surface area contributed by atoms with Crippen LogP contribution in [0.25, 0.3) is 0 Å². The highest BCUT2D eigenvalue weighted by Gasteiger charge is 2.35. The molecule has 1 atom stereocenters. The number of aliphatic hydroxyl groups is 1. The fourth-order valence-corrected chi connectivity index (χ4v) is 3.48. The van der Waals surface area contributed by atoms with E-state index in [0.717, 1.165) is 18.9 Å². The number of pyridine rings is 1. The monoisotopic (exact) mass is 337 g/mol. The summed E-state index contributed by atoms with van der Waals surface area (Å²) < 4.78 is 13.5. The summed E-state index contributed by atoms with van der Waals surface area (Å²) in [5.41, 5.74) is 2.34. The summed E-state index contributed by atoms with van der Waals surface area (Å²) in [4.78, 5) is 8.88. The molecule has 0 fully saturated rings. The third kappa shape index (κ3) is 2.97. The van der Waals surface area contributed by atoms with Crippen molar-refractivity contribution in [3.8, 4) is 0 Å². The van der Waals surface area contributed by atoms with Crippen LogP contribution in [0.5, 0.6) is 0 Å².